The minimum absolute atomic E-state index is 0.0317. The lowest BCUT2D eigenvalue weighted by Crippen LogP contribution is -2.54. The molecule has 1 atom stereocenters. The fourth-order valence-corrected chi connectivity index (χ4v) is 4.05. The van der Waals surface area contributed by atoms with Crippen molar-refractivity contribution in [1.29, 1.82) is 0 Å². The smallest absolute Gasteiger partial charge is 0.253 e. The molecular weight excluding hydrogens is 360 g/mol. The Hall–Kier alpha value is -2.87. The van der Waals surface area contributed by atoms with E-state index in [4.69, 9.17) is 9.47 Å². The highest BCUT2D eigenvalue weighted by Crippen LogP contribution is 2.40. The average molecular weight is 384 g/mol. The molecule has 28 heavy (non-hydrogen) atoms. The maximum Gasteiger partial charge on any atom is 0.253 e. The number of hydrogen-bond acceptors (Lipinski definition) is 5. The zero-order valence-corrected chi connectivity index (χ0v) is 16.1. The molecule has 1 aromatic heterocycles. The van der Waals surface area contributed by atoms with E-state index in [9.17, 15) is 9.59 Å². The van der Waals surface area contributed by atoms with Crippen molar-refractivity contribution in [2.24, 2.45) is 0 Å². The highest BCUT2D eigenvalue weighted by atomic mass is 16.5. The summed E-state index contributed by atoms with van der Waals surface area (Å²) >= 11 is 0. The fourth-order valence-electron chi connectivity index (χ4n) is 4.05. The second kappa shape index (κ2) is 7.27. The number of nitrogens with zero attached hydrogens (tertiary/aromatic N) is 3. The van der Waals surface area contributed by atoms with Gasteiger partial charge in [-0.1, -0.05) is 6.07 Å². The van der Waals surface area contributed by atoms with Gasteiger partial charge in [-0.3, -0.25) is 9.59 Å². The summed E-state index contributed by atoms with van der Waals surface area (Å²) in [7, 11) is 3.19. The van der Waals surface area contributed by atoms with Gasteiger partial charge in [-0.2, -0.15) is 0 Å². The van der Waals surface area contributed by atoms with E-state index in [1.54, 1.807) is 32.5 Å². The molecule has 8 heteroatoms. The molecule has 2 amide bonds. The second-order valence-electron chi connectivity index (χ2n) is 7.14. The molecule has 1 aromatic carbocycles. The van der Waals surface area contributed by atoms with Crippen molar-refractivity contribution >= 4 is 11.8 Å². The molecule has 0 radical (unpaired) electrons. The SMILES string of the molecule is CNC(=O)[C@@H]1Cn2ccnc2C2(CCN(C(=O)c3cccc(OC)c3)CC2)O1. The molecule has 1 saturated heterocycles. The van der Waals surface area contributed by atoms with E-state index in [0.29, 0.717) is 43.8 Å². The molecule has 0 bridgehead atoms. The van der Waals surface area contributed by atoms with Crippen LogP contribution >= 0.6 is 0 Å². The standard InChI is InChI=1S/C20H24N4O4/c1-21-17(25)16-13-24-11-8-22-19(24)20(28-16)6-9-23(10-7-20)18(26)14-4-3-5-15(12-14)27-2/h3-5,8,11-12,16H,6-7,9-10,13H2,1-2H3,(H,21,25)/t16-/m0/s1. The van der Waals surface area contributed by atoms with Crippen molar-refractivity contribution in [1.82, 2.24) is 19.8 Å². The molecule has 4 rings (SSSR count). The van der Waals surface area contributed by atoms with Crippen LogP contribution in [0.5, 0.6) is 5.75 Å². The van der Waals surface area contributed by atoms with Crippen LogP contribution in [-0.4, -0.2) is 59.6 Å². The number of carbonyl (C=O) groups is 2. The van der Waals surface area contributed by atoms with E-state index in [1.807, 2.05) is 27.8 Å². The van der Waals surface area contributed by atoms with Crippen molar-refractivity contribution in [3.8, 4) is 5.75 Å². The summed E-state index contributed by atoms with van der Waals surface area (Å²) in [5.74, 6) is 1.32. The van der Waals surface area contributed by atoms with E-state index in [-0.39, 0.29) is 11.8 Å². The first-order chi connectivity index (χ1) is 13.6. The summed E-state index contributed by atoms with van der Waals surface area (Å²) in [5, 5.41) is 2.66. The number of amides is 2. The summed E-state index contributed by atoms with van der Waals surface area (Å²) in [6.07, 6.45) is 4.23. The van der Waals surface area contributed by atoms with Crippen molar-refractivity contribution in [3.05, 3.63) is 48.0 Å². The summed E-state index contributed by atoms with van der Waals surface area (Å²) in [5.41, 5.74) is -0.0472. The summed E-state index contributed by atoms with van der Waals surface area (Å²) in [6.45, 7) is 1.51. The minimum atomic E-state index is -0.649. The van der Waals surface area contributed by atoms with E-state index in [0.717, 1.165) is 5.82 Å². The maximum absolute atomic E-state index is 12.9. The van der Waals surface area contributed by atoms with Gasteiger partial charge in [0.25, 0.3) is 11.8 Å². The van der Waals surface area contributed by atoms with Gasteiger partial charge in [0, 0.05) is 50.9 Å². The highest BCUT2D eigenvalue weighted by Gasteiger charge is 2.47. The Morgan fingerprint density at radius 1 is 1.32 bits per heavy atom. The number of nitrogens with one attached hydrogen (secondary N) is 1. The van der Waals surface area contributed by atoms with Gasteiger partial charge in [-0.05, 0) is 18.2 Å². The van der Waals surface area contributed by atoms with Crippen molar-refractivity contribution in [2.75, 3.05) is 27.2 Å². The molecule has 0 aliphatic carbocycles. The van der Waals surface area contributed by atoms with Gasteiger partial charge in [0.15, 0.2) is 6.10 Å². The zero-order chi connectivity index (χ0) is 19.7. The Labute approximate surface area is 163 Å². The first-order valence-corrected chi connectivity index (χ1v) is 9.41. The number of aromatic nitrogens is 2. The third-order valence-electron chi connectivity index (χ3n) is 5.57. The molecule has 2 aliphatic rings. The number of fused-ring (bicyclic) bond motifs is 2. The quantitative estimate of drug-likeness (QED) is 0.859. The zero-order valence-electron chi connectivity index (χ0n) is 16.1. The number of benzene rings is 1. The molecule has 0 saturated carbocycles. The maximum atomic E-state index is 12.9. The summed E-state index contributed by atoms with van der Waals surface area (Å²) < 4.78 is 13.5. The number of methoxy groups -OCH3 is 1. The predicted octanol–water partition coefficient (Wildman–Crippen LogP) is 1.17. The number of ether oxygens (including phenoxy) is 2. The molecule has 0 unspecified atom stereocenters. The van der Waals surface area contributed by atoms with Crippen LogP contribution in [0.2, 0.25) is 0 Å². The monoisotopic (exact) mass is 384 g/mol. The lowest BCUT2D eigenvalue weighted by atomic mass is 9.88. The molecule has 1 fully saturated rings. The summed E-state index contributed by atoms with van der Waals surface area (Å²) in [6, 6.07) is 7.17. The largest absolute Gasteiger partial charge is 0.497 e. The first kappa shape index (κ1) is 18.5. The number of hydrogen-bond donors (Lipinski definition) is 1. The number of likely N-dealkylation sites (N-methyl/N-ethyl adjacent to an activating group) is 1. The summed E-state index contributed by atoms with van der Waals surface area (Å²) in [4.78, 5) is 31.4. The Morgan fingerprint density at radius 2 is 2.11 bits per heavy atom. The van der Waals surface area contributed by atoms with Crippen LogP contribution in [0.3, 0.4) is 0 Å². The Bertz CT molecular complexity index is 886. The third-order valence-corrected chi connectivity index (χ3v) is 5.57. The van der Waals surface area contributed by atoms with Crippen molar-refractivity contribution < 1.29 is 19.1 Å². The Morgan fingerprint density at radius 3 is 2.82 bits per heavy atom. The first-order valence-electron chi connectivity index (χ1n) is 9.41. The molecular formula is C20H24N4O4. The number of rotatable bonds is 3. The molecule has 1 N–H and O–H groups in total. The highest BCUT2D eigenvalue weighted by molar-refractivity contribution is 5.94. The molecule has 148 valence electrons. The molecule has 2 aliphatic heterocycles. The van der Waals surface area contributed by atoms with Crippen molar-refractivity contribution in [2.45, 2.75) is 31.1 Å². The number of imidazole rings is 1. The molecule has 3 heterocycles. The Kier molecular flexibility index (Phi) is 4.80. The number of carbonyl (C=O) groups excluding carboxylic acids is 2. The topological polar surface area (TPSA) is 85.7 Å². The lowest BCUT2D eigenvalue weighted by molar-refractivity contribution is -0.171. The third kappa shape index (κ3) is 3.13. The van der Waals surface area contributed by atoms with Gasteiger partial charge in [0.1, 0.15) is 17.2 Å². The predicted molar refractivity (Wildman–Crippen MR) is 101 cm³/mol. The average Bonchev–Trinajstić information content (AvgIpc) is 3.23. The Balaban J connectivity index is 1.52. The van der Waals surface area contributed by atoms with Crippen molar-refractivity contribution in [3.63, 3.8) is 0 Å². The van der Waals surface area contributed by atoms with Crippen LogP contribution in [-0.2, 0) is 21.7 Å². The van der Waals surface area contributed by atoms with Crippen LogP contribution in [0.25, 0.3) is 0 Å². The minimum Gasteiger partial charge on any atom is -0.497 e. The van der Waals surface area contributed by atoms with Crippen LogP contribution in [0.15, 0.2) is 36.7 Å². The van der Waals surface area contributed by atoms with E-state index < -0.39 is 11.7 Å². The lowest BCUT2D eigenvalue weighted by Gasteiger charge is -2.45. The van der Waals surface area contributed by atoms with Crippen LogP contribution in [0.1, 0.15) is 29.0 Å². The van der Waals surface area contributed by atoms with Gasteiger partial charge in [-0.25, -0.2) is 4.98 Å². The van der Waals surface area contributed by atoms with Gasteiger partial charge in [-0.15, -0.1) is 0 Å². The van der Waals surface area contributed by atoms with E-state index in [2.05, 4.69) is 10.3 Å². The van der Waals surface area contributed by atoms with Crippen LogP contribution < -0.4 is 10.1 Å². The second-order valence-corrected chi connectivity index (χ2v) is 7.14. The van der Waals surface area contributed by atoms with E-state index in [1.165, 1.54) is 0 Å². The van der Waals surface area contributed by atoms with Gasteiger partial charge >= 0.3 is 0 Å². The normalized spacial score (nSPS) is 20.5. The number of piperidine rings is 1. The molecule has 1 spiro atoms. The fraction of sp³-hybridized carbons (Fsp3) is 0.450. The number of likely N-dealkylation sites (tertiary alicyclic amines) is 1. The van der Waals surface area contributed by atoms with Gasteiger partial charge in [0.2, 0.25) is 0 Å². The van der Waals surface area contributed by atoms with Gasteiger partial charge < -0.3 is 24.3 Å². The van der Waals surface area contributed by atoms with E-state index >= 15 is 0 Å². The van der Waals surface area contributed by atoms with Crippen LogP contribution in [0, 0.1) is 0 Å². The van der Waals surface area contributed by atoms with Crippen LogP contribution in [0.4, 0.5) is 0 Å². The molecule has 8 nitrogen and oxygen atoms in total. The van der Waals surface area contributed by atoms with Gasteiger partial charge in [0.05, 0.1) is 13.7 Å². The molecule has 2 aromatic rings.